The van der Waals surface area contributed by atoms with Gasteiger partial charge in [0.25, 0.3) is 0 Å². The molecule has 2 aromatic heterocycles. The number of hydrogen-bond acceptors (Lipinski definition) is 3. The van der Waals surface area contributed by atoms with Crippen molar-refractivity contribution >= 4 is 28.4 Å². The van der Waals surface area contributed by atoms with Crippen LogP contribution in [0, 0.1) is 5.41 Å². The number of nitrogens with one attached hydrogen (secondary N) is 1. The Balaban J connectivity index is 2.39. The van der Waals surface area contributed by atoms with Crippen molar-refractivity contribution in [3.8, 4) is 0 Å². The second-order valence-electron chi connectivity index (χ2n) is 4.38. The standard InChI is InChI=1S/C15H17NS2/c1-4-11-6-8-18-15(11)14(16)13(10(2)3)12-5-7-17-9-12/h5-9,13,16H,2,4H2,1,3H3. The molecule has 0 aliphatic heterocycles. The zero-order valence-corrected chi connectivity index (χ0v) is 12.3. The minimum Gasteiger partial charge on any atom is -0.303 e. The summed E-state index contributed by atoms with van der Waals surface area (Å²) in [6.07, 6.45) is 0.980. The van der Waals surface area contributed by atoms with E-state index in [1.807, 2.05) is 6.92 Å². The second kappa shape index (κ2) is 5.63. The van der Waals surface area contributed by atoms with Gasteiger partial charge in [0.05, 0.1) is 10.6 Å². The van der Waals surface area contributed by atoms with Crippen LogP contribution in [-0.4, -0.2) is 5.71 Å². The summed E-state index contributed by atoms with van der Waals surface area (Å²) >= 11 is 3.34. The van der Waals surface area contributed by atoms with Crippen LogP contribution in [0.3, 0.4) is 0 Å². The molecule has 2 heterocycles. The Labute approximate surface area is 116 Å². The maximum atomic E-state index is 8.51. The molecule has 0 spiro atoms. The van der Waals surface area contributed by atoms with Gasteiger partial charge in [-0.25, -0.2) is 0 Å². The largest absolute Gasteiger partial charge is 0.303 e. The van der Waals surface area contributed by atoms with Gasteiger partial charge in [0.1, 0.15) is 0 Å². The molecular weight excluding hydrogens is 258 g/mol. The summed E-state index contributed by atoms with van der Waals surface area (Å²) in [6.45, 7) is 8.21. The molecule has 3 heteroatoms. The molecule has 1 N–H and O–H groups in total. The highest BCUT2D eigenvalue weighted by molar-refractivity contribution is 7.12. The maximum Gasteiger partial charge on any atom is 0.0604 e. The van der Waals surface area contributed by atoms with E-state index in [2.05, 4.69) is 41.8 Å². The van der Waals surface area contributed by atoms with Gasteiger partial charge in [0.15, 0.2) is 0 Å². The highest BCUT2D eigenvalue weighted by Crippen LogP contribution is 2.32. The van der Waals surface area contributed by atoms with Gasteiger partial charge in [-0.15, -0.1) is 11.3 Å². The zero-order valence-electron chi connectivity index (χ0n) is 10.7. The fraction of sp³-hybridized carbons (Fsp3) is 0.267. The molecule has 0 saturated heterocycles. The van der Waals surface area contributed by atoms with E-state index in [4.69, 9.17) is 5.41 Å². The minimum atomic E-state index is 0.0280. The topological polar surface area (TPSA) is 23.9 Å². The van der Waals surface area contributed by atoms with Crippen LogP contribution in [-0.2, 0) is 6.42 Å². The summed E-state index contributed by atoms with van der Waals surface area (Å²) in [4.78, 5) is 1.11. The van der Waals surface area contributed by atoms with Crippen molar-refractivity contribution in [2.75, 3.05) is 0 Å². The van der Waals surface area contributed by atoms with E-state index in [1.54, 1.807) is 22.7 Å². The van der Waals surface area contributed by atoms with Gasteiger partial charge in [0.2, 0.25) is 0 Å². The van der Waals surface area contributed by atoms with Crippen molar-refractivity contribution in [3.63, 3.8) is 0 Å². The Hall–Kier alpha value is -1.19. The predicted molar refractivity (Wildman–Crippen MR) is 82.4 cm³/mol. The third-order valence-electron chi connectivity index (χ3n) is 3.03. The van der Waals surface area contributed by atoms with Gasteiger partial charge in [-0.2, -0.15) is 11.3 Å². The molecule has 0 saturated carbocycles. The van der Waals surface area contributed by atoms with E-state index in [-0.39, 0.29) is 5.92 Å². The lowest BCUT2D eigenvalue weighted by Crippen LogP contribution is -2.13. The molecule has 0 bridgehead atoms. The maximum absolute atomic E-state index is 8.51. The predicted octanol–water partition coefficient (Wildman–Crippen LogP) is 5.10. The molecule has 18 heavy (non-hydrogen) atoms. The first-order chi connectivity index (χ1) is 8.65. The van der Waals surface area contributed by atoms with E-state index in [0.717, 1.165) is 16.9 Å². The number of allylic oxidation sites excluding steroid dienone is 1. The smallest absolute Gasteiger partial charge is 0.0604 e. The van der Waals surface area contributed by atoms with Crippen molar-refractivity contribution in [3.05, 3.63) is 56.4 Å². The fourth-order valence-corrected chi connectivity index (χ4v) is 3.78. The molecule has 94 valence electrons. The fourth-order valence-electron chi connectivity index (χ4n) is 2.12. The molecule has 1 nitrogen and oxygen atoms in total. The normalized spacial score (nSPS) is 12.3. The van der Waals surface area contributed by atoms with E-state index in [0.29, 0.717) is 5.71 Å². The van der Waals surface area contributed by atoms with Crippen LogP contribution in [0.4, 0.5) is 0 Å². The van der Waals surface area contributed by atoms with Gasteiger partial charge in [0, 0.05) is 5.92 Å². The molecule has 1 atom stereocenters. The first kappa shape index (κ1) is 13.2. The Bertz CT molecular complexity index is 549. The third-order valence-corrected chi connectivity index (χ3v) is 4.72. The summed E-state index contributed by atoms with van der Waals surface area (Å²) in [6, 6.07) is 4.22. The molecular formula is C15H17NS2. The van der Waals surface area contributed by atoms with Crippen LogP contribution in [0.5, 0.6) is 0 Å². The second-order valence-corrected chi connectivity index (χ2v) is 6.07. The van der Waals surface area contributed by atoms with Gasteiger partial charge >= 0.3 is 0 Å². The molecule has 1 unspecified atom stereocenters. The van der Waals surface area contributed by atoms with Crippen LogP contribution >= 0.6 is 22.7 Å². The van der Waals surface area contributed by atoms with Crippen molar-refractivity contribution in [2.45, 2.75) is 26.2 Å². The highest BCUT2D eigenvalue weighted by Gasteiger charge is 2.22. The lowest BCUT2D eigenvalue weighted by molar-refractivity contribution is 1.04. The van der Waals surface area contributed by atoms with Crippen molar-refractivity contribution < 1.29 is 0 Å². The van der Waals surface area contributed by atoms with Crippen molar-refractivity contribution in [2.24, 2.45) is 0 Å². The van der Waals surface area contributed by atoms with Crippen molar-refractivity contribution in [1.29, 1.82) is 5.41 Å². The first-order valence-corrected chi connectivity index (χ1v) is 7.80. The van der Waals surface area contributed by atoms with Crippen LogP contribution in [0.1, 0.15) is 35.8 Å². The zero-order chi connectivity index (χ0) is 13.1. The lowest BCUT2D eigenvalue weighted by Gasteiger charge is -2.17. The first-order valence-electron chi connectivity index (χ1n) is 5.97. The van der Waals surface area contributed by atoms with E-state index in [9.17, 15) is 0 Å². The monoisotopic (exact) mass is 275 g/mol. The molecule has 0 aliphatic carbocycles. The summed E-state index contributed by atoms with van der Waals surface area (Å²) in [5.41, 5.74) is 4.18. The molecule has 0 radical (unpaired) electrons. The summed E-state index contributed by atoms with van der Waals surface area (Å²) in [5, 5.41) is 14.8. The number of thiophene rings is 2. The van der Waals surface area contributed by atoms with Crippen LogP contribution < -0.4 is 0 Å². The van der Waals surface area contributed by atoms with E-state index >= 15 is 0 Å². The Morgan fingerprint density at radius 2 is 2.17 bits per heavy atom. The van der Waals surface area contributed by atoms with Crippen LogP contribution in [0.2, 0.25) is 0 Å². The summed E-state index contributed by atoms with van der Waals surface area (Å²) in [5.74, 6) is 0.0280. The average molecular weight is 275 g/mol. The van der Waals surface area contributed by atoms with E-state index < -0.39 is 0 Å². The number of hydrogen-bond donors (Lipinski definition) is 1. The molecule has 0 fully saturated rings. The molecule has 0 aromatic carbocycles. The summed E-state index contributed by atoms with van der Waals surface area (Å²) in [7, 11) is 0. The Kier molecular flexibility index (Phi) is 4.15. The minimum absolute atomic E-state index is 0.0280. The van der Waals surface area contributed by atoms with Gasteiger partial charge in [-0.1, -0.05) is 19.1 Å². The molecule has 2 aromatic rings. The quantitative estimate of drug-likeness (QED) is 0.580. The lowest BCUT2D eigenvalue weighted by atomic mass is 9.88. The summed E-state index contributed by atoms with van der Waals surface area (Å²) < 4.78 is 0. The van der Waals surface area contributed by atoms with Gasteiger partial charge < -0.3 is 5.41 Å². The van der Waals surface area contributed by atoms with E-state index in [1.165, 1.54) is 11.1 Å². The number of rotatable bonds is 5. The van der Waals surface area contributed by atoms with Crippen LogP contribution in [0.25, 0.3) is 0 Å². The van der Waals surface area contributed by atoms with Crippen LogP contribution in [0.15, 0.2) is 40.4 Å². The van der Waals surface area contributed by atoms with Gasteiger partial charge in [-0.05, 0) is 52.7 Å². The SMILES string of the molecule is C=C(C)C(C(=N)c1sccc1CC)c1ccsc1. The number of aryl methyl sites for hydroxylation is 1. The third kappa shape index (κ3) is 2.47. The Morgan fingerprint density at radius 3 is 2.72 bits per heavy atom. The molecule has 0 aliphatic rings. The Morgan fingerprint density at radius 1 is 1.39 bits per heavy atom. The molecule has 0 amide bonds. The average Bonchev–Trinajstić information content (AvgIpc) is 2.98. The molecule has 2 rings (SSSR count). The van der Waals surface area contributed by atoms with Gasteiger partial charge in [-0.3, -0.25) is 0 Å². The highest BCUT2D eigenvalue weighted by atomic mass is 32.1. The van der Waals surface area contributed by atoms with Crippen molar-refractivity contribution in [1.82, 2.24) is 0 Å².